The number of hydrogen-bond acceptors (Lipinski definition) is 5. The van der Waals surface area contributed by atoms with Crippen LogP contribution in [-0.2, 0) is 10.1 Å². The smallest absolute Gasteiger partial charge is 0.298 e. The zero-order valence-electron chi connectivity index (χ0n) is 10.3. The average molecular weight is 308 g/mol. The van der Waals surface area contributed by atoms with E-state index < -0.39 is 20.8 Å². The molecule has 9 heteroatoms. The molecule has 0 fully saturated rings. The molecule has 0 unspecified atom stereocenters. The van der Waals surface area contributed by atoms with Crippen molar-refractivity contribution in [1.29, 1.82) is 0 Å². The molecule has 1 aromatic heterocycles. The summed E-state index contributed by atoms with van der Waals surface area (Å²) in [7, 11) is -4.72. The molecule has 0 aliphatic rings. The zero-order chi connectivity index (χ0) is 15.4. The number of fused-ring (bicyclic) bond motifs is 2. The van der Waals surface area contributed by atoms with Gasteiger partial charge in [0.25, 0.3) is 32.2 Å². The topological polar surface area (TPSA) is 128 Å². The Labute approximate surface area is 118 Å². The van der Waals surface area contributed by atoms with E-state index in [9.17, 15) is 23.9 Å². The summed E-state index contributed by atoms with van der Waals surface area (Å²) in [5, 5.41) is 34.1. The highest BCUT2D eigenvalue weighted by molar-refractivity contribution is 7.86. The Kier molecular flexibility index (Phi) is 2.65. The van der Waals surface area contributed by atoms with Crippen LogP contribution in [0.4, 0.5) is 0 Å². The molecule has 0 saturated heterocycles. The van der Waals surface area contributed by atoms with Crippen LogP contribution in [0.25, 0.3) is 22.1 Å². The van der Waals surface area contributed by atoms with E-state index in [0.29, 0.717) is 9.46 Å². The van der Waals surface area contributed by atoms with E-state index in [2.05, 4.69) is 0 Å². The average Bonchev–Trinajstić information content (AvgIpc) is 2.43. The largest absolute Gasteiger partial charge is 0.617 e. The van der Waals surface area contributed by atoms with Gasteiger partial charge in [0.2, 0.25) is 0 Å². The first-order chi connectivity index (χ1) is 9.80. The van der Waals surface area contributed by atoms with E-state index in [1.165, 1.54) is 12.1 Å². The summed E-state index contributed by atoms with van der Waals surface area (Å²) in [6.07, 6.45) is 0. The SMILES string of the molecule is O=S(=O)(O)c1cc2c(cc1O)[n+]([O-])c1ccccc1[n+]2[O-]. The number of rotatable bonds is 1. The highest BCUT2D eigenvalue weighted by Gasteiger charge is 2.26. The lowest BCUT2D eigenvalue weighted by molar-refractivity contribution is -0.591. The monoisotopic (exact) mass is 308 g/mol. The van der Waals surface area contributed by atoms with Gasteiger partial charge in [-0.2, -0.15) is 17.9 Å². The van der Waals surface area contributed by atoms with Crippen molar-refractivity contribution in [2.24, 2.45) is 0 Å². The van der Waals surface area contributed by atoms with Crippen LogP contribution in [0.2, 0.25) is 0 Å². The Morgan fingerprint density at radius 1 is 0.905 bits per heavy atom. The molecule has 3 rings (SSSR count). The van der Waals surface area contributed by atoms with Gasteiger partial charge in [-0.15, -0.1) is 0 Å². The Balaban J connectivity index is 2.58. The van der Waals surface area contributed by atoms with Gasteiger partial charge < -0.3 is 15.5 Å². The van der Waals surface area contributed by atoms with Crippen LogP contribution >= 0.6 is 0 Å². The second-order valence-corrected chi connectivity index (χ2v) is 5.75. The Morgan fingerprint density at radius 3 is 1.86 bits per heavy atom. The number of phenolic OH excluding ortho intramolecular Hbond substituents is 1. The first-order valence-corrected chi connectivity index (χ1v) is 7.13. The van der Waals surface area contributed by atoms with Gasteiger partial charge in [-0.1, -0.05) is 12.1 Å². The Morgan fingerprint density at radius 2 is 1.38 bits per heavy atom. The summed E-state index contributed by atoms with van der Waals surface area (Å²) < 4.78 is 32.1. The van der Waals surface area contributed by atoms with Crippen LogP contribution in [-0.4, -0.2) is 18.1 Å². The summed E-state index contributed by atoms with van der Waals surface area (Å²) in [5.41, 5.74) is -0.395. The van der Waals surface area contributed by atoms with Gasteiger partial charge in [-0.05, 0) is 0 Å². The number of aromatic hydroxyl groups is 1. The Bertz CT molecular complexity index is 1000. The summed E-state index contributed by atoms with van der Waals surface area (Å²) in [6, 6.07) is 7.52. The molecule has 0 bridgehead atoms. The molecule has 2 N–H and O–H groups in total. The van der Waals surface area contributed by atoms with E-state index in [0.717, 1.165) is 12.1 Å². The summed E-state index contributed by atoms with van der Waals surface area (Å²) in [5.74, 6) is -0.815. The minimum Gasteiger partial charge on any atom is -0.617 e. The van der Waals surface area contributed by atoms with Gasteiger partial charge in [-0.3, -0.25) is 4.55 Å². The lowest BCUT2D eigenvalue weighted by Gasteiger charge is -2.08. The first kappa shape index (κ1) is 13.3. The summed E-state index contributed by atoms with van der Waals surface area (Å²) in [6.45, 7) is 0. The fourth-order valence-corrected chi connectivity index (χ4v) is 2.73. The third kappa shape index (κ3) is 1.90. The normalized spacial score (nSPS) is 12.0. The summed E-state index contributed by atoms with van der Waals surface area (Å²) in [4.78, 5) is -0.838. The zero-order valence-corrected chi connectivity index (χ0v) is 11.1. The fraction of sp³-hybridized carbons (Fsp3) is 0. The van der Waals surface area contributed by atoms with Crippen molar-refractivity contribution in [2.45, 2.75) is 4.90 Å². The van der Waals surface area contributed by atoms with Crippen LogP contribution in [0.1, 0.15) is 0 Å². The molecular formula is C12H8N2O6S. The van der Waals surface area contributed by atoms with Gasteiger partial charge in [0.05, 0.1) is 6.07 Å². The molecular weight excluding hydrogens is 300 g/mol. The minimum atomic E-state index is -4.72. The van der Waals surface area contributed by atoms with E-state index >= 15 is 0 Å². The van der Waals surface area contributed by atoms with Crippen molar-refractivity contribution in [3.63, 3.8) is 0 Å². The quantitative estimate of drug-likeness (QED) is 0.286. The number of aromatic nitrogens is 2. The van der Waals surface area contributed by atoms with Crippen molar-refractivity contribution in [2.75, 3.05) is 0 Å². The lowest BCUT2D eigenvalue weighted by Crippen LogP contribution is -2.39. The molecule has 3 aromatic rings. The maximum absolute atomic E-state index is 12.2. The second kappa shape index (κ2) is 4.17. The molecule has 0 aliphatic carbocycles. The van der Waals surface area contributed by atoms with Crippen molar-refractivity contribution in [3.05, 3.63) is 46.8 Å². The number of hydrogen-bond donors (Lipinski definition) is 2. The molecule has 2 aromatic carbocycles. The van der Waals surface area contributed by atoms with E-state index in [4.69, 9.17) is 4.55 Å². The maximum Gasteiger partial charge on any atom is 0.298 e. The van der Waals surface area contributed by atoms with Crippen LogP contribution in [0.5, 0.6) is 5.75 Å². The molecule has 0 atom stereocenters. The van der Waals surface area contributed by atoms with E-state index in [1.54, 1.807) is 12.1 Å². The highest BCUT2D eigenvalue weighted by atomic mass is 32.2. The molecule has 0 saturated carbocycles. The van der Waals surface area contributed by atoms with Crippen LogP contribution in [0.3, 0.4) is 0 Å². The maximum atomic E-state index is 12.2. The van der Waals surface area contributed by atoms with Crippen LogP contribution in [0.15, 0.2) is 41.3 Å². The standard InChI is InChI=1S/C12H8N2O6S/c15-11-5-9-10(6-12(11)21(18,19)20)14(17)8-4-2-1-3-7(8)13(9)16/h1-6,15H,(H,18,19,20). The molecule has 0 spiro atoms. The van der Waals surface area contributed by atoms with Gasteiger partial charge in [0.15, 0.2) is 0 Å². The fourth-order valence-electron chi connectivity index (χ4n) is 2.15. The van der Waals surface area contributed by atoms with Crippen molar-refractivity contribution in [3.8, 4) is 5.75 Å². The molecule has 21 heavy (non-hydrogen) atoms. The van der Waals surface area contributed by atoms with Crippen molar-refractivity contribution >= 4 is 32.2 Å². The molecule has 0 radical (unpaired) electrons. The van der Waals surface area contributed by atoms with Crippen molar-refractivity contribution in [1.82, 2.24) is 0 Å². The van der Waals surface area contributed by atoms with Gasteiger partial charge in [0, 0.05) is 18.2 Å². The third-order valence-electron chi connectivity index (χ3n) is 3.09. The number of para-hydroxylation sites is 2. The Hall–Kier alpha value is -2.65. The molecule has 108 valence electrons. The first-order valence-electron chi connectivity index (χ1n) is 5.69. The molecule has 8 nitrogen and oxygen atoms in total. The molecule has 0 amide bonds. The molecule has 1 heterocycles. The minimum absolute atomic E-state index is 0.0342. The van der Waals surface area contributed by atoms with Crippen LogP contribution < -0.4 is 9.46 Å². The van der Waals surface area contributed by atoms with Crippen molar-refractivity contribution < 1.29 is 27.5 Å². The third-order valence-corrected chi connectivity index (χ3v) is 3.97. The van der Waals surface area contributed by atoms with E-state index in [1.807, 2.05) is 0 Å². The summed E-state index contributed by atoms with van der Waals surface area (Å²) >= 11 is 0. The predicted octanol–water partition coefficient (Wildman–Crippen LogP) is 0.212. The van der Waals surface area contributed by atoms with Gasteiger partial charge >= 0.3 is 0 Å². The van der Waals surface area contributed by atoms with Crippen LogP contribution in [0, 0.1) is 10.4 Å². The number of benzene rings is 2. The van der Waals surface area contributed by atoms with Gasteiger partial charge in [-0.25, -0.2) is 0 Å². The van der Waals surface area contributed by atoms with E-state index in [-0.39, 0.29) is 22.1 Å². The number of nitrogens with zero attached hydrogens (tertiary/aromatic N) is 2. The second-order valence-electron chi connectivity index (χ2n) is 4.36. The number of phenols is 1. The lowest BCUT2D eigenvalue weighted by atomic mass is 10.2. The highest BCUT2D eigenvalue weighted by Crippen LogP contribution is 2.26. The molecule has 0 aliphatic heterocycles. The predicted molar refractivity (Wildman–Crippen MR) is 70.9 cm³/mol. The van der Waals surface area contributed by atoms with Gasteiger partial charge in [0.1, 0.15) is 10.6 Å².